The van der Waals surface area contributed by atoms with E-state index in [1.165, 1.54) is 37.8 Å². The van der Waals surface area contributed by atoms with Gasteiger partial charge in [0, 0.05) is 17.6 Å². The molecule has 1 rings (SSSR count). The molecule has 0 atom stereocenters. The van der Waals surface area contributed by atoms with Crippen LogP contribution < -0.4 is 5.32 Å². The van der Waals surface area contributed by atoms with Crippen molar-refractivity contribution in [3.05, 3.63) is 33.3 Å². The number of nitro groups is 1. The summed E-state index contributed by atoms with van der Waals surface area (Å²) in [5, 5.41) is 14.5. The van der Waals surface area contributed by atoms with Crippen molar-refractivity contribution in [1.29, 1.82) is 0 Å². The van der Waals surface area contributed by atoms with Gasteiger partial charge in [-0.25, -0.2) is 0 Å². The number of anilines is 1. The first-order valence-electron chi connectivity index (χ1n) is 6.83. The van der Waals surface area contributed by atoms with Gasteiger partial charge in [0.05, 0.1) is 4.92 Å². The van der Waals surface area contributed by atoms with Gasteiger partial charge in [0.2, 0.25) is 0 Å². The topological polar surface area (TPSA) is 55.2 Å². The van der Waals surface area contributed by atoms with E-state index < -0.39 is 0 Å². The molecule has 0 amide bonds. The molecule has 0 aliphatic heterocycles. The molecule has 0 unspecified atom stereocenters. The SMILES string of the molecule is CCCCCCCCNc1cc(Cl)ccc1[N+](=O)[O-]. The maximum atomic E-state index is 10.9. The third-order valence-electron chi connectivity index (χ3n) is 3.00. The first-order valence-corrected chi connectivity index (χ1v) is 7.20. The zero-order valence-electron chi connectivity index (χ0n) is 11.3. The summed E-state index contributed by atoms with van der Waals surface area (Å²) in [5.74, 6) is 0. The highest BCUT2D eigenvalue weighted by Crippen LogP contribution is 2.27. The van der Waals surface area contributed by atoms with E-state index in [2.05, 4.69) is 12.2 Å². The number of rotatable bonds is 9. The van der Waals surface area contributed by atoms with Gasteiger partial charge in [-0.05, 0) is 18.6 Å². The molecule has 1 N–H and O–H groups in total. The van der Waals surface area contributed by atoms with E-state index >= 15 is 0 Å². The van der Waals surface area contributed by atoms with Crippen LogP contribution in [0.1, 0.15) is 45.4 Å². The Balaban J connectivity index is 2.36. The minimum absolute atomic E-state index is 0.0791. The van der Waals surface area contributed by atoms with Crippen LogP contribution in [0.4, 0.5) is 11.4 Å². The van der Waals surface area contributed by atoms with Crippen molar-refractivity contribution in [2.45, 2.75) is 45.4 Å². The lowest BCUT2D eigenvalue weighted by atomic mass is 10.1. The monoisotopic (exact) mass is 284 g/mol. The summed E-state index contributed by atoms with van der Waals surface area (Å²) >= 11 is 5.86. The highest BCUT2D eigenvalue weighted by molar-refractivity contribution is 6.31. The van der Waals surface area contributed by atoms with Gasteiger partial charge in [0.1, 0.15) is 5.69 Å². The van der Waals surface area contributed by atoms with Crippen molar-refractivity contribution >= 4 is 23.0 Å². The van der Waals surface area contributed by atoms with Crippen LogP contribution in [0.25, 0.3) is 0 Å². The Bertz CT molecular complexity index is 410. The second-order valence-electron chi connectivity index (χ2n) is 4.61. The second-order valence-corrected chi connectivity index (χ2v) is 5.05. The molecule has 0 aliphatic carbocycles. The minimum atomic E-state index is -0.389. The summed E-state index contributed by atoms with van der Waals surface area (Å²) < 4.78 is 0. The number of benzene rings is 1. The molecule has 0 saturated heterocycles. The van der Waals surface area contributed by atoms with Crippen LogP contribution in [-0.4, -0.2) is 11.5 Å². The number of halogens is 1. The number of hydrogen-bond acceptors (Lipinski definition) is 3. The normalized spacial score (nSPS) is 10.4. The molecule has 5 heteroatoms. The third kappa shape index (κ3) is 5.92. The van der Waals surface area contributed by atoms with Crippen molar-refractivity contribution in [2.24, 2.45) is 0 Å². The highest BCUT2D eigenvalue weighted by Gasteiger charge is 2.12. The number of nitrogens with one attached hydrogen (secondary N) is 1. The Kier molecular flexibility index (Phi) is 7.26. The van der Waals surface area contributed by atoms with Crippen LogP contribution in [0.3, 0.4) is 0 Å². The number of nitro benzene ring substituents is 1. The molecule has 0 aliphatic rings. The van der Waals surface area contributed by atoms with Crippen LogP contribution in [0, 0.1) is 10.1 Å². The van der Waals surface area contributed by atoms with Gasteiger partial charge in [0.25, 0.3) is 5.69 Å². The Hall–Kier alpha value is -1.29. The third-order valence-corrected chi connectivity index (χ3v) is 3.24. The zero-order valence-corrected chi connectivity index (χ0v) is 12.1. The summed E-state index contributed by atoms with van der Waals surface area (Å²) in [5.41, 5.74) is 0.585. The Morgan fingerprint density at radius 2 is 1.89 bits per heavy atom. The fourth-order valence-corrected chi connectivity index (χ4v) is 2.11. The average molecular weight is 285 g/mol. The number of unbranched alkanes of at least 4 members (excludes halogenated alkanes) is 5. The van der Waals surface area contributed by atoms with E-state index in [0.29, 0.717) is 10.7 Å². The summed E-state index contributed by atoms with van der Waals surface area (Å²) in [4.78, 5) is 10.5. The molecule has 4 nitrogen and oxygen atoms in total. The molecule has 0 fully saturated rings. The lowest BCUT2D eigenvalue weighted by Crippen LogP contribution is -2.04. The van der Waals surface area contributed by atoms with Gasteiger partial charge < -0.3 is 5.32 Å². The number of nitrogens with zero attached hydrogens (tertiary/aromatic N) is 1. The predicted octanol–water partition coefficient (Wildman–Crippen LogP) is 5.02. The van der Waals surface area contributed by atoms with E-state index in [9.17, 15) is 10.1 Å². The van der Waals surface area contributed by atoms with Crippen molar-refractivity contribution in [1.82, 2.24) is 0 Å². The van der Waals surface area contributed by atoms with Crippen molar-refractivity contribution in [3.8, 4) is 0 Å². The molecule has 106 valence electrons. The van der Waals surface area contributed by atoms with Gasteiger partial charge >= 0.3 is 0 Å². The molecule has 0 saturated carbocycles. The standard InChI is InChI=1S/C14H21ClN2O2/c1-2-3-4-5-6-7-10-16-13-11-12(15)8-9-14(13)17(18)19/h8-9,11,16H,2-7,10H2,1H3. The van der Waals surface area contributed by atoms with Crippen molar-refractivity contribution < 1.29 is 4.92 Å². The summed E-state index contributed by atoms with van der Waals surface area (Å²) in [6, 6.07) is 4.58. The van der Waals surface area contributed by atoms with Crippen molar-refractivity contribution in [3.63, 3.8) is 0 Å². The van der Waals surface area contributed by atoms with E-state index in [1.54, 1.807) is 6.07 Å². The summed E-state index contributed by atoms with van der Waals surface area (Å²) in [7, 11) is 0. The maximum absolute atomic E-state index is 10.9. The average Bonchev–Trinajstić information content (AvgIpc) is 2.37. The summed E-state index contributed by atoms with van der Waals surface area (Å²) in [6.07, 6.45) is 7.20. The largest absolute Gasteiger partial charge is 0.379 e. The molecule has 0 bridgehead atoms. The molecule has 0 heterocycles. The molecular formula is C14H21ClN2O2. The Morgan fingerprint density at radius 3 is 2.58 bits per heavy atom. The van der Waals surface area contributed by atoms with Crippen LogP contribution in [-0.2, 0) is 0 Å². The fourth-order valence-electron chi connectivity index (χ4n) is 1.94. The molecular weight excluding hydrogens is 264 g/mol. The quantitative estimate of drug-likeness (QED) is 0.393. The van der Waals surface area contributed by atoms with E-state index in [-0.39, 0.29) is 10.6 Å². The zero-order chi connectivity index (χ0) is 14.1. The van der Waals surface area contributed by atoms with Crippen LogP contribution >= 0.6 is 11.6 Å². The Morgan fingerprint density at radius 1 is 1.21 bits per heavy atom. The van der Waals surface area contributed by atoms with Gasteiger partial charge in [0.15, 0.2) is 0 Å². The Labute approximate surface area is 119 Å². The molecule has 19 heavy (non-hydrogen) atoms. The van der Waals surface area contributed by atoms with Crippen LogP contribution in [0.5, 0.6) is 0 Å². The maximum Gasteiger partial charge on any atom is 0.292 e. The van der Waals surface area contributed by atoms with Gasteiger partial charge in [-0.15, -0.1) is 0 Å². The number of hydrogen-bond donors (Lipinski definition) is 1. The smallest absolute Gasteiger partial charge is 0.292 e. The summed E-state index contributed by atoms with van der Waals surface area (Å²) in [6.45, 7) is 2.94. The fraction of sp³-hybridized carbons (Fsp3) is 0.571. The lowest BCUT2D eigenvalue weighted by molar-refractivity contribution is -0.384. The first kappa shape index (κ1) is 15.8. The molecule has 1 aromatic rings. The first-order chi connectivity index (χ1) is 9.15. The molecule has 0 radical (unpaired) electrons. The van der Waals surface area contributed by atoms with E-state index in [1.807, 2.05) is 0 Å². The highest BCUT2D eigenvalue weighted by atomic mass is 35.5. The van der Waals surface area contributed by atoms with E-state index in [0.717, 1.165) is 19.4 Å². The van der Waals surface area contributed by atoms with Crippen LogP contribution in [0.2, 0.25) is 5.02 Å². The predicted molar refractivity (Wildman–Crippen MR) is 80.0 cm³/mol. The molecule has 0 aromatic heterocycles. The molecule has 1 aromatic carbocycles. The van der Waals surface area contributed by atoms with Gasteiger partial charge in [-0.1, -0.05) is 50.6 Å². The second kappa shape index (κ2) is 8.75. The lowest BCUT2D eigenvalue weighted by Gasteiger charge is -2.07. The van der Waals surface area contributed by atoms with E-state index in [4.69, 9.17) is 11.6 Å². The minimum Gasteiger partial charge on any atom is -0.379 e. The van der Waals surface area contributed by atoms with Gasteiger partial charge in [-0.2, -0.15) is 0 Å². The van der Waals surface area contributed by atoms with Gasteiger partial charge in [-0.3, -0.25) is 10.1 Å². The molecule has 0 spiro atoms. The van der Waals surface area contributed by atoms with Crippen LogP contribution in [0.15, 0.2) is 18.2 Å². The van der Waals surface area contributed by atoms with Crippen molar-refractivity contribution in [2.75, 3.05) is 11.9 Å².